The number of nitrogens with two attached hydrogens (primary N) is 1. The van der Waals surface area contributed by atoms with Crippen LogP contribution in [0.25, 0.3) is 0 Å². The molecule has 0 spiro atoms. The van der Waals surface area contributed by atoms with E-state index in [2.05, 4.69) is 6.07 Å². The third-order valence-corrected chi connectivity index (χ3v) is 3.50. The Balaban J connectivity index is 2.28. The van der Waals surface area contributed by atoms with Crippen LogP contribution in [0, 0.1) is 0 Å². The van der Waals surface area contributed by atoms with E-state index in [1.165, 1.54) is 4.90 Å². The third kappa shape index (κ3) is 4.36. The highest BCUT2D eigenvalue weighted by molar-refractivity contribution is 7.99. The summed E-state index contributed by atoms with van der Waals surface area (Å²) in [4.78, 5) is 1.17. The predicted molar refractivity (Wildman–Crippen MR) is 65.1 cm³/mol. The van der Waals surface area contributed by atoms with Gasteiger partial charge in [0.1, 0.15) is 0 Å². The first-order valence-electron chi connectivity index (χ1n) is 4.83. The van der Waals surface area contributed by atoms with E-state index in [1.807, 2.05) is 25.1 Å². The maximum absolute atomic E-state index is 6.02. The van der Waals surface area contributed by atoms with E-state index < -0.39 is 0 Å². The van der Waals surface area contributed by atoms with Crippen molar-refractivity contribution in [1.82, 2.24) is 0 Å². The van der Waals surface area contributed by atoms with Crippen LogP contribution < -0.4 is 5.73 Å². The van der Waals surface area contributed by atoms with E-state index in [0.717, 1.165) is 23.6 Å². The second-order valence-electron chi connectivity index (χ2n) is 3.40. The van der Waals surface area contributed by atoms with Gasteiger partial charge in [0.2, 0.25) is 0 Å². The molecule has 0 saturated carbocycles. The van der Waals surface area contributed by atoms with Gasteiger partial charge in [-0.3, -0.25) is 0 Å². The van der Waals surface area contributed by atoms with Crippen molar-refractivity contribution in [2.75, 3.05) is 5.75 Å². The minimum atomic E-state index is 0.307. The van der Waals surface area contributed by atoms with Crippen molar-refractivity contribution in [1.29, 1.82) is 0 Å². The lowest BCUT2D eigenvalue weighted by atomic mass is 10.2. The van der Waals surface area contributed by atoms with Crippen LogP contribution in [-0.2, 0) is 0 Å². The van der Waals surface area contributed by atoms with E-state index in [4.69, 9.17) is 17.3 Å². The fourth-order valence-electron chi connectivity index (χ4n) is 1.15. The Bertz CT molecular complexity index is 276. The molecule has 1 aromatic carbocycles. The zero-order valence-electron chi connectivity index (χ0n) is 8.37. The van der Waals surface area contributed by atoms with Gasteiger partial charge in [0.25, 0.3) is 0 Å². The van der Waals surface area contributed by atoms with E-state index in [1.54, 1.807) is 11.8 Å². The molecule has 0 aliphatic heterocycles. The summed E-state index contributed by atoms with van der Waals surface area (Å²) < 4.78 is 0. The quantitative estimate of drug-likeness (QED) is 0.617. The summed E-state index contributed by atoms with van der Waals surface area (Å²) in [6.07, 6.45) is 2.23. The molecule has 0 amide bonds. The Morgan fingerprint density at radius 1 is 1.43 bits per heavy atom. The summed E-state index contributed by atoms with van der Waals surface area (Å²) >= 11 is 7.82. The maximum Gasteiger partial charge on any atom is 0.0541 e. The summed E-state index contributed by atoms with van der Waals surface area (Å²) in [7, 11) is 0. The second-order valence-corrected chi connectivity index (χ2v) is 4.94. The molecule has 0 aliphatic rings. The van der Waals surface area contributed by atoms with Crippen LogP contribution in [-0.4, -0.2) is 11.8 Å². The highest BCUT2D eigenvalue weighted by Gasteiger charge is 1.99. The lowest BCUT2D eigenvalue weighted by molar-refractivity contribution is 0.656. The lowest BCUT2D eigenvalue weighted by Gasteiger charge is -2.05. The average molecular weight is 230 g/mol. The van der Waals surface area contributed by atoms with Gasteiger partial charge >= 0.3 is 0 Å². The molecule has 1 unspecified atom stereocenters. The Kier molecular flexibility index (Phi) is 5.38. The second kappa shape index (κ2) is 6.33. The zero-order chi connectivity index (χ0) is 10.4. The van der Waals surface area contributed by atoms with Crippen molar-refractivity contribution < 1.29 is 0 Å². The summed E-state index contributed by atoms with van der Waals surface area (Å²) in [5.74, 6) is 1.09. The molecule has 1 aromatic rings. The highest BCUT2D eigenvalue weighted by atomic mass is 35.5. The third-order valence-electron chi connectivity index (χ3n) is 1.90. The standard InChI is InChI=1S/C11H16ClNS/c1-9(13)5-4-8-14-11-7-3-2-6-10(11)12/h2-3,6-7,9H,4-5,8,13H2,1H3. The first kappa shape index (κ1) is 11.9. The molecule has 0 fully saturated rings. The van der Waals surface area contributed by atoms with Crippen LogP contribution in [0.15, 0.2) is 29.2 Å². The SMILES string of the molecule is CC(N)CCCSc1ccccc1Cl. The molecule has 3 heteroatoms. The molecular formula is C11H16ClNS. The van der Waals surface area contributed by atoms with Gasteiger partial charge in [0.15, 0.2) is 0 Å². The minimum Gasteiger partial charge on any atom is -0.328 e. The van der Waals surface area contributed by atoms with E-state index in [9.17, 15) is 0 Å². The van der Waals surface area contributed by atoms with Crippen molar-refractivity contribution in [2.45, 2.75) is 30.7 Å². The Labute approximate surface area is 95.0 Å². The van der Waals surface area contributed by atoms with Gasteiger partial charge in [-0.2, -0.15) is 0 Å². The summed E-state index contributed by atoms with van der Waals surface area (Å²) in [5, 5.41) is 0.846. The number of hydrogen-bond donors (Lipinski definition) is 1. The Morgan fingerprint density at radius 3 is 2.79 bits per heavy atom. The largest absolute Gasteiger partial charge is 0.328 e. The fraction of sp³-hybridized carbons (Fsp3) is 0.455. The van der Waals surface area contributed by atoms with Gasteiger partial charge < -0.3 is 5.73 Å². The first-order chi connectivity index (χ1) is 6.70. The fourth-order valence-corrected chi connectivity index (χ4v) is 2.36. The topological polar surface area (TPSA) is 26.0 Å². The number of benzene rings is 1. The van der Waals surface area contributed by atoms with Crippen LogP contribution in [0.3, 0.4) is 0 Å². The first-order valence-corrected chi connectivity index (χ1v) is 6.19. The molecule has 1 atom stereocenters. The van der Waals surface area contributed by atoms with Crippen molar-refractivity contribution >= 4 is 23.4 Å². The van der Waals surface area contributed by atoms with Gasteiger partial charge in [-0.25, -0.2) is 0 Å². The Hall–Kier alpha value is -0.180. The maximum atomic E-state index is 6.02. The van der Waals surface area contributed by atoms with Crippen molar-refractivity contribution in [3.05, 3.63) is 29.3 Å². The van der Waals surface area contributed by atoms with Crippen LogP contribution in [0.5, 0.6) is 0 Å². The van der Waals surface area contributed by atoms with Gasteiger partial charge in [0.05, 0.1) is 5.02 Å². The lowest BCUT2D eigenvalue weighted by Crippen LogP contribution is -2.14. The molecule has 1 rings (SSSR count). The summed E-state index contributed by atoms with van der Waals surface area (Å²) in [6.45, 7) is 2.04. The van der Waals surface area contributed by atoms with Crippen LogP contribution >= 0.6 is 23.4 Å². The summed E-state index contributed by atoms with van der Waals surface area (Å²) in [5.41, 5.74) is 5.67. The van der Waals surface area contributed by atoms with Crippen molar-refractivity contribution in [3.8, 4) is 0 Å². The molecule has 0 radical (unpaired) electrons. The van der Waals surface area contributed by atoms with Gasteiger partial charge in [-0.05, 0) is 37.7 Å². The van der Waals surface area contributed by atoms with Gasteiger partial charge in [0, 0.05) is 10.9 Å². The summed E-state index contributed by atoms with van der Waals surface area (Å²) in [6, 6.07) is 8.25. The minimum absolute atomic E-state index is 0.307. The van der Waals surface area contributed by atoms with E-state index in [0.29, 0.717) is 6.04 Å². The normalized spacial score (nSPS) is 12.8. The smallest absolute Gasteiger partial charge is 0.0541 e. The molecule has 78 valence electrons. The molecule has 0 aromatic heterocycles. The molecule has 0 aliphatic carbocycles. The van der Waals surface area contributed by atoms with Crippen molar-refractivity contribution in [3.63, 3.8) is 0 Å². The highest BCUT2D eigenvalue weighted by Crippen LogP contribution is 2.27. The van der Waals surface area contributed by atoms with Gasteiger partial charge in [-0.15, -0.1) is 11.8 Å². The zero-order valence-corrected chi connectivity index (χ0v) is 9.94. The van der Waals surface area contributed by atoms with Crippen LogP contribution in [0.1, 0.15) is 19.8 Å². The predicted octanol–water partition coefficient (Wildman–Crippen LogP) is 3.56. The number of thioether (sulfide) groups is 1. The molecule has 0 bridgehead atoms. The Morgan fingerprint density at radius 2 is 2.14 bits per heavy atom. The molecular weight excluding hydrogens is 214 g/mol. The number of halogens is 1. The van der Waals surface area contributed by atoms with Crippen molar-refractivity contribution in [2.24, 2.45) is 5.73 Å². The molecule has 2 N–H and O–H groups in total. The molecule has 0 saturated heterocycles. The van der Waals surface area contributed by atoms with Gasteiger partial charge in [-0.1, -0.05) is 23.7 Å². The molecule has 0 heterocycles. The molecule has 14 heavy (non-hydrogen) atoms. The number of hydrogen-bond acceptors (Lipinski definition) is 2. The monoisotopic (exact) mass is 229 g/mol. The number of rotatable bonds is 5. The van der Waals surface area contributed by atoms with Crippen LogP contribution in [0.2, 0.25) is 5.02 Å². The molecule has 1 nitrogen and oxygen atoms in total. The van der Waals surface area contributed by atoms with E-state index in [-0.39, 0.29) is 0 Å². The van der Waals surface area contributed by atoms with E-state index >= 15 is 0 Å². The average Bonchev–Trinajstić information content (AvgIpc) is 2.15. The van der Waals surface area contributed by atoms with Crippen LogP contribution in [0.4, 0.5) is 0 Å².